The minimum absolute atomic E-state index is 0.191. The van der Waals surface area contributed by atoms with E-state index in [1.165, 1.54) is 70.6 Å². The van der Waals surface area contributed by atoms with Crippen LogP contribution >= 0.6 is 0 Å². The van der Waals surface area contributed by atoms with Crippen LogP contribution in [-0.4, -0.2) is 25.7 Å². The number of carbonyl (C=O) groups excluding carboxylic acids is 1. The van der Waals surface area contributed by atoms with Crippen molar-refractivity contribution in [1.29, 1.82) is 0 Å². The summed E-state index contributed by atoms with van der Waals surface area (Å²) in [5.41, 5.74) is 0. The Morgan fingerprint density at radius 1 is 0.778 bits per heavy atom. The molecule has 0 heterocycles. The van der Waals surface area contributed by atoms with Crippen LogP contribution in [0.15, 0.2) is 12.2 Å². The summed E-state index contributed by atoms with van der Waals surface area (Å²) in [4.78, 5) is 11.7. The van der Waals surface area contributed by atoms with Crippen molar-refractivity contribution in [3.8, 4) is 0 Å². The molecule has 0 aromatic carbocycles. The molecule has 0 fully saturated rings. The third-order valence-electron chi connectivity index (χ3n) is 4.66. The Labute approximate surface area is 168 Å². The first-order chi connectivity index (χ1) is 13.1. The van der Waals surface area contributed by atoms with Crippen molar-refractivity contribution in [2.45, 2.75) is 123 Å². The molecule has 0 aromatic rings. The lowest BCUT2D eigenvalue weighted by atomic mass is 10.1. The van der Waals surface area contributed by atoms with Crippen molar-refractivity contribution >= 4 is 5.97 Å². The van der Waals surface area contributed by atoms with Gasteiger partial charge in [0.15, 0.2) is 6.29 Å². The summed E-state index contributed by atoms with van der Waals surface area (Å²) >= 11 is 0. The highest BCUT2D eigenvalue weighted by Gasteiger charge is 2.12. The van der Waals surface area contributed by atoms with Crippen molar-refractivity contribution < 1.29 is 19.0 Å². The molecular formula is C23H44O4. The number of ether oxygens (including phenoxy) is 3. The molecule has 0 N–H and O–H groups in total. The third kappa shape index (κ3) is 19.7. The summed E-state index contributed by atoms with van der Waals surface area (Å²) in [6.07, 6.45) is 20.5. The molecule has 4 heteroatoms. The van der Waals surface area contributed by atoms with Crippen LogP contribution in [0.2, 0.25) is 0 Å². The molecule has 0 aromatic heterocycles. The number of esters is 1. The highest BCUT2D eigenvalue weighted by Crippen LogP contribution is 2.11. The fraction of sp³-hybridized carbons (Fsp3) is 0.870. The van der Waals surface area contributed by atoms with E-state index in [2.05, 4.69) is 19.1 Å². The average Bonchev–Trinajstić information content (AvgIpc) is 2.64. The number of allylic oxidation sites excluding steroid dienone is 2. The van der Waals surface area contributed by atoms with Gasteiger partial charge in [-0.3, -0.25) is 4.79 Å². The molecule has 160 valence electrons. The molecule has 0 aliphatic carbocycles. The van der Waals surface area contributed by atoms with E-state index in [4.69, 9.17) is 14.2 Å². The van der Waals surface area contributed by atoms with E-state index in [9.17, 15) is 4.79 Å². The quantitative estimate of drug-likeness (QED) is 0.105. The molecule has 27 heavy (non-hydrogen) atoms. The number of unbranched alkanes of at least 4 members (excludes halogenated alkanes) is 11. The molecule has 2 atom stereocenters. The zero-order valence-corrected chi connectivity index (χ0v) is 18.3. The Morgan fingerprint density at radius 2 is 1.30 bits per heavy atom. The molecule has 0 bridgehead atoms. The van der Waals surface area contributed by atoms with E-state index in [1.54, 1.807) is 21.0 Å². The summed E-state index contributed by atoms with van der Waals surface area (Å²) in [5, 5.41) is 0. The van der Waals surface area contributed by atoms with E-state index < -0.39 is 6.29 Å². The van der Waals surface area contributed by atoms with Crippen LogP contribution in [0.3, 0.4) is 0 Å². The number of hydrogen-bond acceptors (Lipinski definition) is 4. The topological polar surface area (TPSA) is 44.8 Å². The maximum atomic E-state index is 11.7. The minimum atomic E-state index is -0.560. The molecule has 4 nitrogen and oxygen atoms in total. The van der Waals surface area contributed by atoms with Crippen LogP contribution in [0.4, 0.5) is 0 Å². The first-order valence-corrected chi connectivity index (χ1v) is 11.1. The van der Waals surface area contributed by atoms with Gasteiger partial charge in [0, 0.05) is 13.5 Å². The lowest BCUT2D eigenvalue weighted by molar-refractivity contribution is -0.222. The predicted molar refractivity (Wildman–Crippen MR) is 113 cm³/mol. The van der Waals surface area contributed by atoms with Gasteiger partial charge in [-0.2, -0.15) is 0 Å². The number of rotatable bonds is 19. The van der Waals surface area contributed by atoms with Crippen molar-refractivity contribution in [3.63, 3.8) is 0 Å². The Hall–Kier alpha value is -0.870. The molecule has 0 saturated carbocycles. The van der Waals surface area contributed by atoms with Gasteiger partial charge >= 0.3 is 5.97 Å². The van der Waals surface area contributed by atoms with Crippen LogP contribution in [0.5, 0.6) is 0 Å². The lowest BCUT2D eigenvalue weighted by Gasteiger charge is -2.18. The van der Waals surface area contributed by atoms with Crippen molar-refractivity contribution in [2.75, 3.05) is 7.11 Å². The first-order valence-electron chi connectivity index (χ1n) is 11.1. The predicted octanol–water partition coefficient (Wildman–Crippen LogP) is 6.92. The van der Waals surface area contributed by atoms with Gasteiger partial charge in [0.1, 0.15) is 0 Å². The van der Waals surface area contributed by atoms with Crippen molar-refractivity contribution in [3.05, 3.63) is 12.2 Å². The van der Waals surface area contributed by atoms with Crippen LogP contribution in [0.1, 0.15) is 111 Å². The van der Waals surface area contributed by atoms with Crippen LogP contribution < -0.4 is 0 Å². The van der Waals surface area contributed by atoms with Gasteiger partial charge in [-0.25, -0.2) is 0 Å². The fourth-order valence-corrected chi connectivity index (χ4v) is 2.94. The van der Waals surface area contributed by atoms with E-state index in [1.807, 2.05) is 0 Å². The third-order valence-corrected chi connectivity index (χ3v) is 4.66. The monoisotopic (exact) mass is 384 g/mol. The van der Waals surface area contributed by atoms with Gasteiger partial charge < -0.3 is 14.2 Å². The van der Waals surface area contributed by atoms with Crippen LogP contribution in [0, 0.1) is 0 Å². The molecule has 0 saturated heterocycles. The Kier molecular flexibility index (Phi) is 19.2. The van der Waals surface area contributed by atoms with Gasteiger partial charge in [0.25, 0.3) is 0 Å². The molecule has 0 aliphatic rings. The number of methoxy groups -OCH3 is 1. The lowest BCUT2D eigenvalue weighted by Crippen LogP contribution is -2.23. The highest BCUT2D eigenvalue weighted by molar-refractivity contribution is 5.69. The van der Waals surface area contributed by atoms with E-state index in [-0.39, 0.29) is 12.3 Å². The second-order valence-electron chi connectivity index (χ2n) is 7.33. The maximum Gasteiger partial charge on any atom is 0.308 e. The SMILES string of the molecule is CCCCCCCCC=CCCCCCCCC(=O)OC(C)OC(C)OC. The largest absolute Gasteiger partial charge is 0.436 e. The second kappa shape index (κ2) is 19.9. The summed E-state index contributed by atoms with van der Waals surface area (Å²) in [6, 6.07) is 0. The van der Waals surface area contributed by atoms with Gasteiger partial charge in [-0.15, -0.1) is 0 Å². The zero-order valence-electron chi connectivity index (χ0n) is 18.3. The standard InChI is InChI=1S/C23H44O4/c1-5-6-7-8-9-10-11-12-13-14-15-16-17-18-19-20-23(24)27-22(3)26-21(2)25-4/h12-13,21-22H,5-11,14-20H2,1-4H3. The minimum Gasteiger partial charge on any atom is -0.436 e. The van der Waals surface area contributed by atoms with Gasteiger partial charge in [-0.05, 0) is 46.0 Å². The van der Waals surface area contributed by atoms with E-state index in [0.29, 0.717) is 6.42 Å². The Bertz CT molecular complexity index is 354. The molecule has 0 radical (unpaired) electrons. The second-order valence-corrected chi connectivity index (χ2v) is 7.33. The first kappa shape index (κ1) is 26.1. The van der Waals surface area contributed by atoms with Crippen molar-refractivity contribution in [2.24, 2.45) is 0 Å². The van der Waals surface area contributed by atoms with E-state index in [0.717, 1.165) is 12.8 Å². The van der Waals surface area contributed by atoms with Crippen LogP contribution in [-0.2, 0) is 19.0 Å². The maximum absolute atomic E-state index is 11.7. The molecule has 2 unspecified atom stereocenters. The molecule has 0 rings (SSSR count). The fourth-order valence-electron chi connectivity index (χ4n) is 2.94. The summed E-state index contributed by atoms with van der Waals surface area (Å²) in [5.74, 6) is -0.191. The number of carbonyl (C=O) groups is 1. The van der Waals surface area contributed by atoms with Gasteiger partial charge in [-0.1, -0.05) is 70.4 Å². The Balaban J connectivity index is 3.34. The van der Waals surface area contributed by atoms with Crippen molar-refractivity contribution in [1.82, 2.24) is 0 Å². The molecular weight excluding hydrogens is 340 g/mol. The van der Waals surface area contributed by atoms with E-state index >= 15 is 0 Å². The smallest absolute Gasteiger partial charge is 0.308 e. The van der Waals surface area contributed by atoms with Gasteiger partial charge in [0.05, 0.1) is 0 Å². The van der Waals surface area contributed by atoms with Gasteiger partial charge in [0.2, 0.25) is 6.29 Å². The zero-order chi connectivity index (χ0) is 20.2. The highest BCUT2D eigenvalue weighted by atomic mass is 16.8. The number of hydrogen-bond donors (Lipinski definition) is 0. The molecule has 0 aliphatic heterocycles. The average molecular weight is 385 g/mol. The van der Waals surface area contributed by atoms with Crippen LogP contribution in [0.25, 0.3) is 0 Å². The summed E-state index contributed by atoms with van der Waals surface area (Å²) in [7, 11) is 1.56. The summed E-state index contributed by atoms with van der Waals surface area (Å²) in [6.45, 7) is 5.75. The summed E-state index contributed by atoms with van der Waals surface area (Å²) < 4.78 is 15.5. The normalized spacial score (nSPS) is 13.8. The Morgan fingerprint density at radius 3 is 1.85 bits per heavy atom. The molecule has 0 amide bonds. The molecule has 0 spiro atoms.